The molecule has 0 radical (unpaired) electrons. The summed E-state index contributed by atoms with van der Waals surface area (Å²) in [6.45, 7) is 0.761. The van der Waals surface area contributed by atoms with Crippen LogP contribution in [-0.2, 0) is 11.3 Å². The first-order valence-electron chi connectivity index (χ1n) is 5.40. The molecule has 80 valence electrons. The predicted molar refractivity (Wildman–Crippen MR) is 58.4 cm³/mol. The van der Waals surface area contributed by atoms with E-state index in [1.807, 2.05) is 25.2 Å². The molecule has 3 heteroatoms. The van der Waals surface area contributed by atoms with E-state index < -0.39 is 0 Å². The molecule has 0 amide bonds. The number of Topliss-reactive ketones (excluding diaryl/α,β-unsaturated/α-hetero) is 1. The fourth-order valence-electron chi connectivity index (χ4n) is 2.12. The second-order valence-corrected chi connectivity index (χ2v) is 4.11. The molecule has 1 aromatic rings. The predicted octanol–water partition coefficient (Wildman–Crippen LogP) is 1.64. The second kappa shape index (κ2) is 4.53. The molecule has 1 saturated carbocycles. The standard InChI is InChI=1S/C12H16N2O/c1-14(11-6-4-7-12(11)15)9-10-5-2-3-8-13-10/h2-3,5,8,11H,4,6-7,9H2,1H3. The Bertz CT molecular complexity index is 337. The molecule has 0 saturated heterocycles. The van der Waals surface area contributed by atoms with Crippen molar-refractivity contribution in [3.05, 3.63) is 30.1 Å². The second-order valence-electron chi connectivity index (χ2n) is 4.11. The van der Waals surface area contributed by atoms with Gasteiger partial charge in [-0.2, -0.15) is 0 Å². The molecule has 2 rings (SSSR count). The third-order valence-electron chi connectivity index (χ3n) is 2.94. The van der Waals surface area contributed by atoms with Gasteiger partial charge < -0.3 is 0 Å². The Kier molecular flexibility index (Phi) is 3.11. The van der Waals surface area contributed by atoms with Gasteiger partial charge in [-0.25, -0.2) is 0 Å². The molecule has 1 aromatic heterocycles. The lowest BCUT2D eigenvalue weighted by molar-refractivity contribution is -0.121. The summed E-state index contributed by atoms with van der Waals surface area (Å²) in [7, 11) is 2.00. The molecule has 1 heterocycles. The molecule has 3 nitrogen and oxygen atoms in total. The van der Waals surface area contributed by atoms with Crippen LogP contribution in [0.25, 0.3) is 0 Å². The highest BCUT2D eigenvalue weighted by atomic mass is 16.1. The zero-order valence-corrected chi connectivity index (χ0v) is 9.02. The molecule has 1 atom stereocenters. The van der Waals surface area contributed by atoms with Crippen molar-refractivity contribution in [3.8, 4) is 0 Å². The van der Waals surface area contributed by atoms with Crippen molar-refractivity contribution in [2.75, 3.05) is 7.05 Å². The molecule has 0 bridgehead atoms. The summed E-state index contributed by atoms with van der Waals surface area (Å²) in [5.41, 5.74) is 1.03. The Morgan fingerprint density at radius 2 is 2.40 bits per heavy atom. The summed E-state index contributed by atoms with van der Waals surface area (Å²) in [4.78, 5) is 17.9. The summed E-state index contributed by atoms with van der Waals surface area (Å²) in [6, 6.07) is 6.00. The summed E-state index contributed by atoms with van der Waals surface area (Å²) in [6.07, 6.45) is 4.58. The van der Waals surface area contributed by atoms with Crippen LogP contribution in [-0.4, -0.2) is 28.8 Å². The number of ketones is 1. The van der Waals surface area contributed by atoms with Gasteiger partial charge in [-0.05, 0) is 32.0 Å². The van der Waals surface area contributed by atoms with Crippen molar-refractivity contribution in [2.45, 2.75) is 31.8 Å². The van der Waals surface area contributed by atoms with Crippen LogP contribution in [0, 0.1) is 0 Å². The van der Waals surface area contributed by atoms with Gasteiger partial charge in [0.25, 0.3) is 0 Å². The quantitative estimate of drug-likeness (QED) is 0.750. The van der Waals surface area contributed by atoms with Crippen LogP contribution < -0.4 is 0 Å². The van der Waals surface area contributed by atoms with E-state index >= 15 is 0 Å². The van der Waals surface area contributed by atoms with Gasteiger partial charge in [0.05, 0.1) is 11.7 Å². The fraction of sp³-hybridized carbons (Fsp3) is 0.500. The molecular weight excluding hydrogens is 188 g/mol. The molecule has 1 unspecified atom stereocenters. The van der Waals surface area contributed by atoms with Gasteiger partial charge in [0.15, 0.2) is 0 Å². The van der Waals surface area contributed by atoms with Crippen molar-refractivity contribution in [2.24, 2.45) is 0 Å². The van der Waals surface area contributed by atoms with E-state index in [4.69, 9.17) is 0 Å². The van der Waals surface area contributed by atoms with Crippen LogP contribution in [0.4, 0.5) is 0 Å². The summed E-state index contributed by atoms with van der Waals surface area (Å²) < 4.78 is 0. The van der Waals surface area contributed by atoms with Gasteiger partial charge in [0.1, 0.15) is 5.78 Å². The van der Waals surface area contributed by atoms with Crippen LogP contribution >= 0.6 is 0 Å². The highest BCUT2D eigenvalue weighted by Gasteiger charge is 2.27. The van der Waals surface area contributed by atoms with Crippen LogP contribution in [0.5, 0.6) is 0 Å². The van der Waals surface area contributed by atoms with Crippen LogP contribution in [0.15, 0.2) is 24.4 Å². The van der Waals surface area contributed by atoms with Crippen molar-refractivity contribution in [1.82, 2.24) is 9.88 Å². The minimum atomic E-state index is 0.118. The molecule has 0 spiro atoms. The van der Waals surface area contributed by atoms with Gasteiger partial charge >= 0.3 is 0 Å². The van der Waals surface area contributed by atoms with Crippen molar-refractivity contribution in [3.63, 3.8) is 0 Å². The van der Waals surface area contributed by atoms with Gasteiger partial charge in [-0.3, -0.25) is 14.7 Å². The fourth-order valence-corrected chi connectivity index (χ4v) is 2.12. The monoisotopic (exact) mass is 204 g/mol. The maximum absolute atomic E-state index is 11.5. The maximum atomic E-state index is 11.5. The summed E-state index contributed by atoms with van der Waals surface area (Å²) in [5, 5.41) is 0. The minimum absolute atomic E-state index is 0.118. The van der Waals surface area contributed by atoms with E-state index in [1.54, 1.807) is 6.20 Å². The molecule has 0 aliphatic heterocycles. The number of likely N-dealkylation sites (N-methyl/N-ethyl adjacent to an activating group) is 1. The van der Waals surface area contributed by atoms with E-state index in [0.29, 0.717) is 5.78 Å². The largest absolute Gasteiger partial charge is 0.298 e. The lowest BCUT2D eigenvalue weighted by Crippen LogP contribution is -2.34. The van der Waals surface area contributed by atoms with Gasteiger partial charge in [-0.1, -0.05) is 6.07 Å². The van der Waals surface area contributed by atoms with E-state index in [9.17, 15) is 4.79 Å². The number of carbonyl (C=O) groups is 1. The third-order valence-corrected chi connectivity index (χ3v) is 2.94. The Labute approximate surface area is 90.1 Å². The number of pyridine rings is 1. The highest BCUT2D eigenvalue weighted by Crippen LogP contribution is 2.20. The van der Waals surface area contributed by atoms with Crippen LogP contribution in [0.1, 0.15) is 25.0 Å². The van der Waals surface area contributed by atoms with Crippen molar-refractivity contribution < 1.29 is 4.79 Å². The van der Waals surface area contributed by atoms with E-state index in [0.717, 1.165) is 31.5 Å². The molecule has 0 N–H and O–H groups in total. The summed E-state index contributed by atoms with van der Waals surface area (Å²) >= 11 is 0. The van der Waals surface area contributed by atoms with Crippen LogP contribution in [0.3, 0.4) is 0 Å². The van der Waals surface area contributed by atoms with Gasteiger partial charge in [0.2, 0.25) is 0 Å². The number of rotatable bonds is 3. The normalized spacial score (nSPS) is 21.2. The molecule has 0 aromatic carbocycles. The first-order chi connectivity index (χ1) is 7.27. The number of aromatic nitrogens is 1. The Balaban J connectivity index is 1.97. The highest BCUT2D eigenvalue weighted by molar-refractivity contribution is 5.85. The summed E-state index contributed by atoms with van der Waals surface area (Å²) in [5.74, 6) is 0.383. The van der Waals surface area contributed by atoms with Crippen molar-refractivity contribution >= 4 is 5.78 Å². The average Bonchev–Trinajstić information content (AvgIpc) is 2.66. The Hall–Kier alpha value is -1.22. The Morgan fingerprint density at radius 1 is 1.53 bits per heavy atom. The van der Waals surface area contributed by atoms with E-state index in [1.165, 1.54) is 0 Å². The maximum Gasteiger partial charge on any atom is 0.149 e. The molecule has 15 heavy (non-hydrogen) atoms. The van der Waals surface area contributed by atoms with Crippen molar-refractivity contribution in [1.29, 1.82) is 0 Å². The smallest absolute Gasteiger partial charge is 0.149 e. The zero-order chi connectivity index (χ0) is 10.7. The van der Waals surface area contributed by atoms with E-state index in [-0.39, 0.29) is 6.04 Å². The first kappa shape index (κ1) is 10.3. The SMILES string of the molecule is CN(Cc1ccccn1)C1CCCC1=O. The topological polar surface area (TPSA) is 33.2 Å². The lowest BCUT2D eigenvalue weighted by atomic mass is 10.2. The van der Waals surface area contributed by atoms with Gasteiger partial charge in [-0.15, -0.1) is 0 Å². The number of nitrogens with zero attached hydrogens (tertiary/aromatic N) is 2. The molecule has 1 aliphatic carbocycles. The van der Waals surface area contributed by atoms with Gasteiger partial charge in [0, 0.05) is 19.2 Å². The third kappa shape index (κ3) is 2.42. The molecule has 1 aliphatic rings. The molecule has 1 fully saturated rings. The minimum Gasteiger partial charge on any atom is -0.298 e. The first-order valence-corrected chi connectivity index (χ1v) is 5.40. The molecular formula is C12H16N2O. The van der Waals surface area contributed by atoms with E-state index in [2.05, 4.69) is 9.88 Å². The van der Waals surface area contributed by atoms with Crippen LogP contribution in [0.2, 0.25) is 0 Å². The number of hydrogen-bond acceptors (Lipinski definition) is 3. The number of carbonyl (C=O) groups excluding carboxylic acids is 1. The zero-order valence-electron chi connectivity index (χ0n) is 9.02. The lowest BCUT2D eigenvalue weighted by Gasteiger charge is -2.22. The number of hydrogen-bond donors (Lipinski definition) is 0. The Morgan fingerprint density at radius 3 is 3.00 bits per heavy atom. The average molecular weight is 204 g/mol.